The van der Waals surface area contributed by atoms with E-state index in [2.05, 4.69) is 47.7 Å². The molecule has 2 aliphatic rings. The number of aryl methyl sites for hydroxylation is 2. The van der Waals surface area contributed by atoms with Gasteiger partial charge in [0.1, 0.15) is 5.15 Å². The normalized spacial score (nSPS) is 19.4. The van der Waals surface area contributed by atoms with Crippen LogP contribution in [-0.4, -0.2) is 73.6 Å². The van der Waals surface area contributed by atoms with Gasteiger partial charge in [-0.05, 0) is 56.5 Å². The first-order valence-corrected chi connectivity index (χ1v) is 16.0. The number of amides is 1. The number of halogens is 1. The minimum absolute atomic E-state index is 0.0795. The molecule has 4 aromatic rings. The van der Waals surface area contributed by atoms with Crippen LogP contribution < -0.4 is 20.5 Å². The van der Waals surface area contributed by atoms with Gasteiger partial charge in [-0.15, -0.1) is 0 Å². The Morgan fingerprint density at radius 2 is 1.93 bits per heavy atom. The third kappa shape index (κ3) is 5.71. The van der Waals surface area contributed by atoms with Crippen LogP contribution in [-0.2, 0) is 7.05 Å². The number of pyridine rings is 1. The Morgan fingerprint density at radius 1 is 1.12 bits per heavy atom. The SMILES string of the molecule is CSNC(=O)c1nc(Cl)ccc1NC(C)c1cc(C)cc2c(=O)n(C)c(N3CCN4CC(n5cc(C)cn5)CC4C3)nc12. The smallest absolute Gasteiger partial charge is 0.281 e. The van der Waals surface area contributed by atoms with Crippen molar-refractivity contribution >= 4 is 52.0 Å². The second-order valence-electron chi connectivity index (χ2n) is 11.5. The van der Waals surface area contributed by atoms with E-state index in [1.165, 1.54) is 17.5 Å². The molecule has 226 valence electrons. The Bertz CT molecular complexity index is 1760. The largest absolute Gasteiger partial charge is 0.377 e. The molecular weight excluding hydrogens is 586 g/mol. The zero-order chi connectivity index (χ0) is 30.4. The van der Waals surface area contributed by atoms with Gasteiger partial charge in [0, 0.05) is 57.3 Å². The number of benzene rings is 1. The van der Waals surface area contributed by atoms with Crippen LogP contribution in [0.2, 0.25) is 5.15 Å². The summed E-state index contributed by atoms with van der Waals surface area (Å²) in [6.07, 6.45) is 6.81. The molecule has 2 aliphatic heterocycles. The van der Waals surface area contributed by atoms with Gasteiger partial charge < -0.3 is 10.2 Å². The maximum atomic E-state index is 13.8. The highest BCUT2D eigenvalue weighted by atomic mass is 35.5. The summed E-state index contributed by atoms with van der Waals surface area (Å²) in [5.41, 5.74) is 4.31. The van der Waals surface area contributed by atoms with Gasteiger partial charge in [0.25, 0.3) is 11.5 Å². The van der Waals surface area contributed by atoms with Gasteiger partial charge in [-0.3, -0.25) is 28.5 Å². The molecule has 5 heterocycles. The first kappa shape index (κ1) is 29.5. The van der Waals surface area contributed by atoms with Crippen LogP contribution in [0.4, 0.5) is 11.6 Å². The lowest BCUT2D eigenvalue weighted by molar-refractivity contribution is 0.0980. The zero-order valence-corrected chi connectivity index (χ0v) is 26.5. The summed E-state index contributed by atoms with van der Waals surface area (Å²) in [4.78, 5) is 40.7. The Hall–Kier alpha value is -3.61. The Morgan fingerprint density at radius 3 is 2.67 bits per heavy atom. The molecule has 0 saturated carbocycles. The quantitative estimate of drug-likeness (QED) is 0.232. The lowest BCUT2D eigenvalue weighted by Crippen LogP contribution is -2.51. The number of aromatic nitrogens is 5. The second-order valence-corrected chi connectivity index (χ2v) is 12.5. The molecule has 0 aliphatic carbocycles. The predicted molar refractivity (Wildman–Crippen MR) is 172 cm³/mol. The van der Waals surface area contributed by atoms with Crippen molar-refractivity contribution in [2.45, 2.75) is 45.3 Å². The molecule has 3 atom stereocenters. The van der Waals surface area contributed by atoms with E-state index in [9.17, 15) is 9.59 Å². The first-order valence-electron chi connectivity index (χ1n) is 14.4. The van der Waals surface area contributed by atoms with Crippen molar-refractivity contribution in [1.29, 1.82) is 0 Å². The average molecular weight is 622 g/mol. The number of carbonyl (C=O) groups is 1. The highest BCUT2D eigenvalue weighted by molar-refractivity contribution is 7.97. The third-order valence-electron chi connectivity index (χ3n) is 8.42. The van der Waals surface area contributed by atoms with E-state index in [0.717, 1.165) is 43.7 Å². The number of rotatable bonds is 7. The molecule has 2 fully saturated rings. The van der Waals surface area contributed by atoms with Gasteiger partial charge in [0.15, 0.2) is 5.69 Å². The maximum Gasteiger partial charge on any atom is 0.281 e. The molecule has 11 nitrogen and oxygen atoms in total. The molecule has 0 bridgehead atoms. The minimum atomic E-state index is -0.343. The van der Waals surface area contributed by atoms with Gasteiger partial charge in [-0.2, -0.15) is 5.10 Å². The topological polar surface area (TPSA) is 113 Å². The standard InChI is InChI=1S/C30H36ClN9O2S/c1-17-10-22(19(3)33-24-6-7-25(31)34-27(24)28(41)36-43-5)26-23(11-17)29(42)37(4)30(35-26)39-9-8-38-16-21(12-20(38)15-39)40-14-18(2)13-32-40/h6-7,10-11,13-14,19-21,33H,8-9,12,15-16H2,1-5H3,(H,36,41). The number of hydrogen-bond donors (Lipinski definition) is 2. The fraction of sp³-hybridized carbons (Fsp3) is 0.433. The molecule has 3 unspecified atom stereocenters. The molecule has 2 saturated heterocycles. The fourth-order valence-corrected chi connectivity index (χ4v) is 6.78. The monoisotopic (exact) mass is 621 g/mol. The third-order valence-corrected chi connectivity index (χ3v) is 9.02. The van der Waals surface area contributed by atoms with E-state index in [1.807, 2.05) is 32.2 Å². The van der Waals surface area contributed by atoms with E-state index in [-0.39, 0.29) is 28.4 Å². The number of hydrogen-bond acceptors (Lipinski definition) is 9. The highest BCUT2D eigenvalue weighted by Crippen LogP contribution is 2.33. The summed E-state index contributed by atoms with van der Waals surface area (Å²) in [6.45, 7) is 9.49. The van der Waals surface area contributed by atoms with Gasteiger partial charge >= 0.3 is 0 Å². The highest BCUT2D eigenvalue weighted by Gasteiger charge is 2.38. The minimum Gasteiger partial charge on any atom is -0.377 e. The molecular formula is C30H36ClN9O2S. The summed E-state index contributed by atoms with van der Waals surface area (Å²) >= 11 is 7.32. The average Bonchev–Trinajstić information content (AvgIpc) is 3.61. The molecule has 2 N–H and O–H groups in total. The zero-order valence-electron chi connectivity index (χ0n) is 25.0. The summed E-state index contributed by atoms with van der Waals surface area (Å²) in [5.74, 6) is 0.324. The van der Waals surface area contributed by atoms with Crippen molar-refractivity contribution in [3.63, 3.8) is 0 Å². The molecule has 3 aromatic heterocycles. The van der Waals surface area contributed by atoms with E-state index in [1.54, 1.807) is 30.0 Å². The van der Waals surface area contributed by atoms with Crippen LogP contribution in [0.1, 0.15) is 52.6 Å². The molecule has 1 aromatic carbocycles. The van der Waals surface area contributed by atoms with Crippen LogP contribution in [0.3, 0.4) is 0 Å². The van der Waals surface area contributed by atoms with Crippen molar-refractivity contribution in [3.05, 3.63) is 74.6 Å². The van der Waals surface area contributed by atoms with E-state index < -0.39 is 0 Å². The number of anilines is 2. The van der Waals surface area contributed by atoms with Crippen molar-refractivity contribution < 1.29 is 4.79 Å². The van der Waals surface area contributed by atoms with Crippen LogP contribution in [0, 0.1) is 13.8 Å². The van der Waals surface area contributed by atoms with Crippen molar-refractivity contribution in [2.75, 3.05) is 42.7 Å². The summed E-state index contributed by atoms with van der Waals surface area (Å²) in [5, 5.41) is 8.79. The Kier molecular flexibility index (Phi) is 8.10. The first-order chi connectivity index (χ1) is 20.6. The summed E-state index contributed by atoms with van der Waals surface area (Å²) < 4.78 is 6.49. The molecule has 43 heavy (non-hydrogen) atoms. The Balaban J connectivity index is 1.32. The lowest BCUT2D eigenvalue weighted by atomic mass is 10.0. The molecule has 1 amide bonds. The summed E-state index contributed by atoms with van der Waals surface area (Å²) in [6, 6.07) is 7.76. The van der Waals surface area contributed by atoms with Gasteiger partial charge in [-0.25, -0.2) is 9.97 Å². The number of nitrogens with zero attached hydrogens (tertiary/aromatic N) is 7. The van der Waals surface area contributed by atoms with Gasteiger partial charge in [-0.1, -0.05) is 29.6 Å². The summed E-state index contributed by atoms with van der Waals surface area (Å²) in [7, 11) is 1.81. The molecule has 13 heteroatoms. The molecule has 6 rings (SSSR count). The molecule has 0 radical (unpaired) electrons. The number of nitrogens with one attached hydrogen (secondary N) is 2. The van der Waals surface area contributed by atoms with Crippen molar-refractivity contribution in [1.82, 2.24) is 33.9 Å². The van der Waals surface area contributed by atoms with Crippen LogP contribution >= 0.6 is 23.5 Å². The lowest BCUT2D eigenvalue weighted by Gasteiger charge is -2.38. The second kappa shape index (κ2) is 11.8. The van der Waals surface area contributed by atoms with Crippen LogP contribution in [0.25, 0.3) is 10.9 Å². The number of fused-ring (bicyclic) bond motifs is 2. The number of carbonyl (C=O) groups excluding carboxylic acids is 1. The van der Waals surface area contributed by atoms with Gasteiger partial charge in [0.2, 0.25) is 5.95 Å². The van der Waals surface area contributed by atoms with E-state index in [4.69, 9.17) is 16.6 Å². The maximum absolute atomic E-state index is 13.8. The Labute approximate surface area is 259 Å². The van der Waals surface area contributed by atoms with Crippen LogP contribution in [0.5, 0.6) is 0 Å². The van der Waals surface area contributed by atoms with Gasteiger partial charge in [0.05, 0.1) is 34.9 Å². The van der Waals surface area contributed by atoms with E-state index in [0.29, 0.717) is 34.6 Å². The fourth-order valence-electron chi connectivity index (χ4n) is 6.35. The number of piperazine rings is 1. The predicted octanol–water partition coefficient (Wildman–Crippen LogP) is 4.11. The van der Waals surface area contributed by atoms with Crippen molar-refractivity contribution in [2.24, 2.45) is 7.05 Å². The van der Waals surface area contributed by atoms with E-state index >= 15 is 0 Å². The van der Waals surface area contributed by atoms with Crippen molar-refractivity contribution in [3.8, 4) is 0 Å². The van der Waals surface area contributed by atoms with Crippen LogP contribution in [0.15, 0.2) is 41.5 Å². The molecule has 0 spiro atoms.